The molecule has 4 rings (SSSR count). The minimum Gasteiger partial charge on any atom is -0.495 e. The predicted octanol–water partition coefficient (Wildman–Crippen LogP) is 4.95. The van der Waals surface area contributed by atoms with E-state index in [9.17, 15) is 5.11 Å². The normalized spacial score (nSPS) is 18.8. The van der Waals surface area contributed by atoms with Crippen molar-refractivity contribution in [3.63, 3.8) is 0 Å². The fraction of sp³-hybridized carbons (Fsp3) is 0.333. The van der Waals surface area contributed by atoms with Gasteiger partial charge in [0.25, 0.3) is 0 Å². The van der Waals surface area contributed by atoms with Crippen LogP contribution in [0.15, 0.2) is 30.5 Å². The molecule has 0 bridgehead atoms. The zero-order chi connectivity index (χ0) is 20.5. The van der Waals surface area contributed by atoms with Crippen molar-refractivity contribution in [3.05, 3.63) is 40.5 Å². The maximum absolute atomic E-state index is 9.69. The molecule has 2 aromatic carbocycles. The summed E-state index contributed by atoms with van der Waals surface area (Å²) < 4.78 is 10.7. The van der Waals surface area contributed by atoms with Gasteiger partial charge in [-0.2, -0.15) is 0 Å². The zero-order valence-electron chi connectivity index (χ0n) is 16.1. The van der Waals surface area contributed by atoms with Crippen LogP contribution in [0.2, 0.25) is 10.0 Å². The van der Waals surface area contributed by atoms with Gasteiger partial charge in [-0.1, -0.05) is 29.3 Å². The quantitative estimate of drug-likeness (QED) is 0.592. The van der Waals surface area contributed by atoms with Gasteiger partial charge in [0.05, 0.1) is 35.9 Å². The smallest absolute Gasteiger partial charge is 0.223 e. The van der Waals surface area contributed by atoms with E-state index in [2.05, 4.69) is 15.3 Å². The van der Waals surface area contributed by atoms with Gasteiger partial charge in [0.15, 0.2) is 0 Å². The molecule has 1 saturated carbocycles. The number of aliphatic hydroxyl groups is 1. The molecule has 0 amide bonds. The number of aliphatic hydroxyl groups excluding tert-OH is 1. The largest absolute Gasteiger partial charge is 0.495 e. The summed E-state index contributed by atoms with van der Waals surface area (Å²) in [5.41, 5.74) is 2.24. The van der Waals surface area contributed by atoms with E-state index in [0.717, 1.165) is 35.7 Å². The molecule has 29 heavy (non-hydrogen) atoms. The van der Waals surface area contributed by atoms with E-state index in [0.29, 0.717) is 33.1 Å². The number of ether oxygens (including phenoxy) is 2. The Morgan fingerprint density at radius 2 is 1.79 bits per heavy atom. The maximum atomic E-state index is 9.69. The summed E-state index contributed by atoms with van der Waals surface area (Å²) in [5.74, 6) is 1.53. The molecule has 1 fully saturated rings. The topological polar surface area (TPSA) is 76.5 Å². The number of fused-ring (bicyclic) bond motifs is 1. The summed E-state index contributed by atoms with van der Waals surface area (Å²) in [6, 6.07) is 7.61. The Kier molecular flexibility index (Phi) is 5.67. The molecule has 0 aliphatic heterocycles. The molecule has 1 aliphatic carbocycles. The first-order valence-electron chi connectivity index (χ1n) is 9.32. The lowest BCUT2D eigenvalue weighted by Gasteiger charge is -2.15. The first-order valence-corrected chi connectivity index (χ1v) is 10.1. The van der Waals surface area contributed by atoms with Crippen molar-refractivity contribution in [1.29, 1.82) is 0 Å². The van der Waals surface area contributed by atoms with Gasteiger partial charge in [-0.3, -0.25) is 0 Å². The van der Waals surface area contributed by atoms with E-state index < -0.39 is 0 Å². The lowest BCUT2D eigenvalue weighted by molar-refractivity contribution is 0.182. The number of methoxy groups -OCH3 is 2. The van der Waals surface area contributed by atoms with E-state index in [1.807, 2.05) is 18.2 Å². The molecular formula is C21H21Cl2N3O3. The number of hydrogen-bond acceptors (Lipinski definition) is 6. The van der Waals surface area contributed by atoms with Crippen LogP contribution in [0.25, 0.3) is 22.0 Å². The summed E-state index contributed by atoms with van der Waals surface area (Å²) in [6.07, 6.45) is 3.95. The molecule has 8 heteroatoms. The highest BCUT2D eigenvalue weighted by atomic mass is 35.5. The zero-order valence-corrected chi connectivity index (χ0v) is 17.6. The number of rotatable bonds is 5. The van der Waals surface area contributed by atoms with Crippen LogP contribution >= 0.6 is 23.2 Å². The molecule has 152 valence electrons. The standard InChI is InChI=1S/C21H21Cl2N3O3/c1-28-16-9-17(29-2)20(23)18(19(16)22)11-3-6-15-12(7-11)10-24-21(26-15)25-13-4-5-14(27)8-13/h3,6-7,9-10,13-14,27H,4-5,8H2,1-2H3,(H,24,25,26). The first kappa shape index (κ1) is 20.0. The number of halogens is 2. The van der Waals surface area contributed by atoms with Crippen LogP contribution in [0.3, 0.4) is 0 Å². The molecule has 2 atom stereocenters. The molecule has 2 N–H and O–H groups in total. The molecule has 0 radical (unpaired) electrons. The van der Waals surface area contributed by atoms with E-state index in [1.165, 1.54) is 0 Å². The fourth-order valence-electron chi connectivity index (χ4n) is 3.67. The Labute approximate surface area is 178 Å². The molecule has 3 aromatic rings. The van der Waals surface area contributed by atoms with E-state index in [1.54, 1.807) is 26.5 Å². The van der Waals surface area contributed by atoms with Crippen molar-refractivity contribution in [2.75, 3.05) is 19.5 Å². The number of aromatic nitrogens is 2. The van der Waals surface area contributed by atoms with Crippen molar-refractivity contribution in [3.8, 4) is 22.6 Å². The SMILES string of the molecule is COc1cc(OC)c(Cl)c(-c2ccc3nc(NC4CCC(O)C4)ncc3c2)c1Cl. The van der Waals surface area contributed by atoms with Crippen molar-refractivity contribution in [2.45, 2.75) is 31.4 Å². The Bertz CT molecular complexity index is 1030. The predicted molar refractivity (Wildman–Crippen MR) is 115 cm³/mol. The average molecular weight is 434 g/mol. The highest BCUT2D eigenvalue weighted by Crippen LogP contribution is 2.46. The van der Waals surface area contributed by atoms with E-state index in [4.69, 9.17) is 32.7 Å². The third-order valence-electron chi connectivity index (χ3n) is 5.18. The second kappa shape index (κ2) is 8.22. The Balaban J connectivity index is 1.70. The molecule has 0 saturated heterocycles. The molecular weight excluding hydrogens is 413 g/mol. The van der Waals surface area contributed by atoms with Crippen LogP contribution in [0.1, 0.15) is 19.3 Å². The second-order valence-electron chi connectivity index (χ2n) is 7.06. The van der Waals surface area contributed by atoms with Crippen LogP contribution in [0.4, 0.5) is 5.95 Å². The minimum absolute atomic E-state index is 0.198. The van der Waals surface area contributed by atoms with E-state index in [-0.39, 0.29) is 12.1 Å². The number of anilines is 1. The van der Waals surface area contributed by atoms with Crippen molar-refractivity contribution in [1.82, 2.24) is 9.97 Å². The lowest BCUT2D eigenvalue weighted by atomic mass is 10.0. The highest BCUT2D eigenvalue weighted by Gasteiger charge is 2.23. The number of benzene rings is 2. The van der Waals surface area contributed by atoms with Gasteiger partial charge in [0.1, 0.15) is 11.5 Å². The number of hydrogen-bond donors (Lipinski definition) is 2. The van der Waals surface area contributed by atoms with Crippen molar-refractivity contribution >= 4 is 40.1 Å². The van der Waals surface area contributed by atoms with Gasteiger partial charge in [-0.15, -0.1) is 0 Å². The van der Waals surface area contributed by atoms with Gasteiger partial charge < -0.3 is 19.9 Å². The van der Waals surface area contributed by atoms with Crippen LogP contribution in [-0.2, 0) is 0 Å². The van der Waals surface area contributed by atoms with Gasteiger partial charge in [0, 0.05) is 29.3 Å². The summed E-state index contributed by atoms with van der Waals surface area (Å²) in [7, 11) is 3.09. The molecule has 6 nitrogen and oxygen atoms in total. The molecule has 1 aliphatic rings. The fourth-order valence-corrected chi connectivity index (χ4v) is 4.39. The number of nitrogens with one attached hydrogen (secondary N) is 1. The van der Waals surface area contributed by atoms with Crippen LogP contribution < -0.4 is 14.8 Å². The first-order chi connectivity index (χ1) is 14.0. The Morgan fingerprint density at radius 3 is 2.41 bits per heavy atom. The molecule has 0 spiro atoms. The maximum Gasteiger partial charge on any atom is 0.223 e. The summed E-state index contributed by atoms with van der Waals surface area (Å²) in [6.45, 7) is 0. The van der Waals surface area contributed by atoms with E-state index >= 15 is 0 Å². The minimum atomic E-state index is -0.245. The van der Waals surface area contributed by atoms with Crippen molar-refractivity contribution in [2.24, 2.45) is 0 Å². The van der Waals surface area contributed by atoms with Gasteiger partial charge in [0.2, 0.25) is 5.95 Å². The molecule has 2 unspecified atom stereocenters. The number of nitrogens with zero attached hydrogens (tertiary/aromatic N) is 2. The second-order valence-corrected chi connectivity index (χ2v) is 7.82. The lowest BCUT2D eigenvalue weighted by Crippen LogP contribution is -2.18. The highest BCUT2D eigenvalue weighted by molar-refractivity contribution is 6.41. The third kappa shape index (κ3) is 3.92. The Hall–Kier alpha value is -2.28. The monoisotopic (exact) mass is 433 g/mol. The van der Waals surface area contributed by atoms with Crippen LogP contribution in [0, 0.1) is 0 Å². The van der Waals surface area contributed by atoms with Gasteiger partial charge in [-0.25, -0.2) is 9.97 Å². The summed E-state index contributed by atoms with van der Waals surface area (Å²) in [5, 5.41) is 14.7. The van der Waals surface area contributed by atoms with Gasteiger partial charge in [-0.05, 0) is 37.0 Å². The average Bonchev–Trinajstić information content (AvgIpc) is 3.13. The van der Waals surface area contributed by atoms with Crippen molar-refractivity contribution < 1.29 is 14.6 Å². The molecule has 1 aromatic heterocycles. The van der Waals surface area contributed by atoms with Crippen LogP contribution in [0.5, 0.6) is 11.5 Å². The summed E-state index contributed by atoms with van der Waals surface area (Å²) in [4.78, 5) is 9.01. The van der Waals surface area contributed by atoms with Crippen LogP contribution in [-0.4, -0.2) is 41.4 Å². The summed E-state index contributed by atoms with van der Waals surface area (Å²) >= 11 is 13.1. The van der Waals surface area contributed by atoms with Gasteiger partial charge >= 0.3 is 0 Å². The molecule has 1 heterocycles. The Morgan fingerprint density at radius 1 is 1.07 bits per heavy atom. The third-order valence-corrected chi connectivity index (χ3v) is 5.93.